The van der Waals surface area contributed by atoms with E-state index in [1.54, 1.807) is 30.3 Å². The lowest BCUT2D eigenvalue weighted by Crippen LogP contribution is -2.11. The van der Waals surface area contributed by atoms with Crippen molar-refractivity contribution >= 4 is 23.3 Å². The predicted molar refractivity (Wildman–Crippen MR) is 82.7 cm³/mol. The number of halogens is 1. The number of hydrogen-bond acceptors (Lipinski definition) is 4. The number of nitrogen functional groups attached to an aromatic ring is 1. The van der Waals surface area contributed by atoms with E-state index in [-0.39, 0.29) is 6.61 Å². The Bertz CT molecular complexity index is 671. The SMILES string of the molecule is COC(=O)c1c(N)cccc1COc1ccc(Cl)c(C)c1. The minimum Gasteiger partial charge on any atom is -0.489 e. The van der Waals surface area contributed by atoms with Gasteiger partial charge in [-0.3, -0.25) is 0 Å². The van der Waals surface area contributed by atoms with Crippen LogP contribution in [0.4, 0.5) is 5.69 Å². The van der Waals surface area contributed by atoms with Crippen molar-refractivity contribution in [3.05, 3.63) is 58.1 Å². The summed E-state index contributed by atoms with van der Waals surface area (Å²) in [5.41, 5.74) is 8.15. The van der Waals surface area contributed by atoms with Crippen LogP contribution in [0.3, 0.4) is 0 Å². The molecule has 110 valence electrons. The van der Waals surface area contributed by atoms with Crippen LogP contribution in [-0.2, 0) is 11.3 Å². The Hall–Kier alpha value is -2.20. The zero-order valence-electron chi connectivity index (χ0n) is 11.9. The molecule has 0 spiro atoms. The summed E-state index contributed by atoms with van der Waals surface area (Å²) in [6.07, 6.45) is 0. The third-order valence-corrected chi connectivity index (χ3v) is 3.52. The van der Waals surface area contributed by atoms with Gasteiger partial charge in [0.15, 0.2) is 0 Å². The van der Waals surface area contributed by atoms with E-state index in [9.17, 15) is 4.79 Å². The molecule has 2 N–H and O–H groups in total. The normalized spacial score (nSPS) is 10.2. The molecule has 0 unspecified atom stereocenters. The van der Waals surface area contributed by atoms with Gasteiger partial charge in [0.05, 0.1) is 12.7 Å². The molecule has 2 aromatic rings. The first-order valence-electron chi connectivity index (χ1n) is 6.37. The van der Waals surface area contributed by atoms with Crippen LogP contribution in [0.2, 0.25) is 5.02 Å². The first-order valence-corrected chi connectivity index (χ1v) is 6.75. The largest absolute Gasteiger partial charge is 0.489 e. The van der Waals surface area contributed by atoms with Gasteiger partial charge in [0.2, 0.25) is 0 Å². The summed E-state index contributed by atoms with van der Waals surface area (Å²) in [5, 5.41) is 0.682. The first-order chi connectivity index (χ1) is 10.0. The number of carbonyl (C=O) groups is 1. The van der Waals surface area contributed by atoms with Crippen molar-refractivity contribution in [1.82, 2.24) is 0 Å². The number of nitrogens with two attached hydrogens (primary N) is 1. The van der Waals surface area contributed by atoms with Crippen LogP contribution in [0.1, 0.15) is 21.5 Å². The average molecular weight is 306 g/mol. The molecule has 0 bridgehead atoms. The number of ether oxygens (including phenoxy) is 2. The second-order valence-corrected chi connectivity index (χ2v) is 4.98. The van der Waals surface area contributed by atoms with Crippen molar-refractivity contribution in [3.63, 3.8) is 0 Å². The summed E-state index contributed by atoms with van der Waals surface area (Å²) in [5.74, 6) is 0.203. The van der Waals surface area contributed by atoms with Crippen molar-refractivity contribution in [1.29, 1.82) is 0 Å². The summed E-state index contributed by atoms with van der Waals surface area (Å²) < 4.78 is 10.4. The van der Waals surface area contributed by atoms with Crippen molar-refractivity contribution in [3.8, 4) is 5.75 Å². The fraction of sp³-hybridized carbons (Fsp3) is 0.188. The molecule has 21 heavy (non-hydrogen) atoms. The molecule has 0 fully saturated rings. The third-order valence-electron chi connectivity index (χ3n) is 3.10. The molecule has 0 aliphatic rings. The van der Waals surface area contributed by atoms with E-state index in [1.165, 1.54) is 7.11 Å². The van der Waals surface area contributed by atoms with E-state index < -0.39 is 5.97 Å². The molecular weight excluding hydrogens is 290 g/mol. The van der Waals surface area contributed by atoms with Crippen LogP contribution in [0.5, 0.6) is 5.75 Å². The maximum Gasteiger partial charge on any atom is 0.340 e. The molecule has 2 rings (SSSR count). The number of rotatable bonds is 4. The Kier molecular flexibility index (Phi) is 4.70. The predicted octanol–water partition coefficient (Wildman–Crippen LogP) is 3.60. The monoisotopic (exact) mass is 305 g/mol. The number of methoxy groups -OCH3 is 1. The quantitative estimate of drug-likeness (QED) is 0.692. The molecule has 0 atom stereocenters. The summed E-state index contributed by atoms with van der Waals surface area (Å²) in [6.45, 7) is 2.12. The summed E-state index contributed by atoms with van der Waals surface area (Å²) >= 11 is 5.97. The lowest BCUT2D eigenvalue weighted by Gasteiger charge is -2.12. The highest BCUT2D eigenvalue weighted by atomic mass is 35.5. The van der Waals surface area contributed by atoms with E-state index in [4.69, 9.17) is 26.8 Å². The molecule has 0 aliphatic carbocycles. The van der Waals surface area contributed by atoms with Crippen LogP contribution < -0.4 is 10.5 Å². The zero-order chi connectivity index (χ0) is 15.4. The first kappa shape index (κ1) is 15.2. The van der Waals surface area contributed by atoms with Crippen LogP contribution in [0.15, 0.2) is 36.4 Å². The summed E-state index contributed by atoms with van der Waals surface area (Å²) in [4.78, 5) is 11.8. The minimum absolute atomic E-state index is 0.219. The van der Waals surface area contributed by atoms with Gasteiger partial charge < -0.3 is 15.2 Å². The zero-order valence-corrected chi connectivity index (χ0v) is 12.6. The maximum atomic E-state index is 11.8. The maximum absolute atomic E-state index is 11.8. The van der Waals surface area contributed by atoms with Gasteiger partial charge in [0, 0.05) is 16.3 Å². The van der Waals surface area contributed by atoms with Gasteiger partial charge in [-0.1, -0.05) is 23.7 Å². The van der Waals surface area contributed by atoms with Crippen molar-refractivity contribution in [2.75, 3.05) is 12.8 Å². The Balaban J connectivity index is 2.22. The Morgan fingerprint density at radius 3 is 2.71 bits per heavy atom. The van der Waals surface area contributed by atoms with E-state index in [1.807, 2.05) is 13.0 Å². The lowest BCUT2D eigenvalue weighted by molar-refractivity contribution is 0.0599. The molecule has 5 heteroatoms. The highest BCUT2D eigenvalue weighted by Crippen LogP contribution is 2.24. The molecule has 4 nitrogen and oxygen atoms in total. The standard InChI is InChI=1S/C16H16ClNO3/c1-10-8-12(6-7-13(10)17)21-9-11-4-3-5-14(18)15(11)16(19)20-2/h3-8H,9,18H2,1-2H3. The summed E-state index contributed by atoms with van der Waals surface area (Å²) in [6, 6.07) is 10.6. The second kappa shape index (κ2) is 6.50. The van der Waals surface area contributed by atoms with E-state index in [0.29, 0.717) is 27.6 Å². The van der Waals surface area contributed by atoms with Gasteiger partial charge in [0.1, 0.15) is 12.4 Å². The molecule has 0 amide bonds. The number of aryl methyl sites for hydroxylation is 1. The smallest absolute Gasteiger partial charge is 0.340 e. The molecular formula is C16H16ClNO3. The average Bonchev–Trinajstić information content (AvgIpc) is 2.48. The molecule has 2 aromatic carbocycles. The number of anilines is 1. The fourth-order valence-electron chi connectivity index (χ4n) is 1.96. The molecule has 0 heterocycles. The minimum atomic E-state index is -0.473. The van der Waals surface area contributed by atoms with Crippen molar-refractivity contribution in [2.45, 2.75) is 13.5 Å². The molecule has 0 saturated heterocycles. The highest BCUT2D eigenvalue weighted by Gasteiger charge is 2.15. The van der Waals surface area contributed by atoms with Crippen LogP contribution >= 0.6 is 11.6 Å². The van der Waals surface area contributed by atoms with Gasteiger partial charge in [-0.15, -0.1) is 0 Å². The second-order valence-electron chi connectivity index (χ2n) is 4.57. The molecule has 0 aromatic heterocycles. The highest BCUT2D eigenvalue weighted by molar-refractivity contribution is 6.31. The third kappa shape index (κ3) is 3.47. The molecule has 0 saturated carbocycles. The topological polar surface area (TPSA) is 61.5 Å². The van der Waals surface area contributed by atoms with Gasteiger partial charge in [-0.05, 0) is 36.8 Å². The number of hydrogen-bond donors (Lipinski definition) is 1. The van der Waals surface area contributed by atoms with Crippen molar-refractivity contribution in [2.24, 2.45) is 0 Å². The number of carbonyl (C=O) groups excluding carboxylic acids is 1. The fourth-order valence-corrected chi connectivity index (χ4v) is 2.08. The van der Waals surface area contributed by atoms with E-state index in [0.717, 1.165) is 5.56 Å². The van der Waals surface area contributed by atoms with Gasteiger partial charge in [-0.2, -0.15) is 0 Å². The van der Waals surface area contributed by atoms with Crippen LogP contribution in [0, 0.1) is 6.92 Å². The van der Waals surface area contributed by atoms with Gasteiger partial charge in [-0.25, -0.2) is 4.79 Å². The lowest BCUT2D eigenvalue weighted by atomic mass is 10.1. The number of esters is 1. The van der Waals surface area contributed by atoms with Crippen LogP contribution in [-0.4, -0.2) is 13.1 Å². The number of benzene rings is 2. The Morgan fingerprint density at radius 1 is 1.29 bits per heavy atom. The van der Waals surface area contributed by atoms with Crippen molar-refractivity contribution < 1.29 is 14.3 Å². The van der Waals surface area contributed by atoms with Gasteiger partial charge >= 0.3 is 5.97 Å². The van der Waals surface area contributed by atoms with E-state index >= 15 is 0 Å². The van der Waals surface area contributed by atoms with Gasteiger partial charge in [0.25, 0.3) is 0 Å². The summed E-state index contributed by atoms with van der Waals surface area (Å²) in [7, 11) is 1.32. The van der Waals surface area contributed by atoms with Crippen LogP contribution in [0.25, 0.3) is 0 Å². The Morgan fingerprint density at radius 2 is 2.05 bits per heavy atom. The molecule has 0 radical (unpaired) electrons. The molecule has 0 aliphatic heterocycles. The van der Waals surface area contributed by atoms with E-state index in [2.05, 4.69) is 0 Å². The Labute approximate surface area is 128 Å².